The third-order valence-electron chi connectivity index (χ3n) is 3.71. The van der Waals surface area contributed by atoms with E-state index in [9.17, 15) is 14.0 Å². The van der Waals surface area contributed by atoms with Crippen LogP contribution in [0.2, 0.25) is 0 Å². The fourth-order valence-corrected chi connectivity index (χ4v) is 3.21. The summed E-state index contributed by atoms with van der Waals surface area (Å²) in [6, 6.07) is 4.39. The number of morpholine rings is 1. The average molecular weight is 364 g/mol. The number of hydrogen-bond acceptors (Lipinski definition) is 6. The number of anilines is 1. The molecule has 3 heterocycles. The molecule has 0 atom stereocenters. The molecule has 0 spiro atoms. The van der Waals surface area contributed by atoms with Crippen molar-refractivity contribution in [3.63, 3.8) is 0 Å². The van der Waals surface area contributed by atoms with Gasteiger partial charge in [0.05, 0.1) is 23.0 Å². The molecule has 0 radical (unpaired) electrons. The fraction of sp³-hybridized carbons (Fsp3) is 0.312. The van der Waals surface area contributed by atoms with Crippen LogP contribution in [-0.2, 0) is 11.3 Å². The number of ether oxygens (including phenoxy) is 1. The number of carbonyl (C=O) groups excluding carboxylic acids is 2. The summed E-state index contributed by atoms with van der Waals surface area (Å²) >= 11 is 1.01. The Balaban J connectivity index is 1.61. The second-order valence-electron chi connectivity index (χ2n) is 5.46. The Morgan fingerprint density at radius 3 is 2.68 bits per heavy atom. The van der Waals surface area contributed by atoms with Gasteiger partial charge in [-0.3, -0.25) is 9.59 Å². The first-order chi connectivity index (χ1) is 12.0. The van der Waals surface area contributed by atoms with E-state index in [-0.39, 0.29) is 12.5 Å². The van der Waals surface area contributed by atoms with E-state index in [1.807, 2.05) is 4.90 Å². The number of nitrogens with two attached hydrogens (primary N) is 1. The number of hydrogen-bond donors (Lipinski definition) is 2. The maximum Gasteiger partial charge on any atom is 0.261 e. The van der Waals surface area contributed by atoms with Crippen LogP contribution in [0.3, 0.4) is 0 Å². The summed E-state index contributed by atoms with van der Waals surface area (Å²) in [5.41, 5.74) is 5.71. The summed E-state index contributed by atoms with van der Waals surface area (Å²) < 4.78 is 19.5. The van der Waals surface area contributed by atoms with E-state index in [4.69, 9.17) is 10.5 Å². The lowest BCUT2D eigenvalue weighted by molar-refractivity contribution is 0.0954. The van der Waals surface area contributed by atoms with Gasteiger partial charge in [-0.05, 0) is 23.8 Å². The van der Waals surface area contributed by atoms with Gasteiger partial charge < -0.3 is 20.7 Å². The Bertz CT molecular complexity index is 789. The molecular formula is C16H17FN4O3S. The van der Waals surface area contributed by atoms with Crippen molar-refractivity contribution in [2.45, 2.75) is 6.54 Å². The first kappa shape index (κ1) is 17.3. The lowest BCUT2D eigenvalue weighted by Gasteiger charge is -2.28. The fourth-order valence-electron chi connectivity index (χ4n) is 2.44. The molecule has 1 aliphatic heterocycles. The van der Waals surface area contributed by atoms with Crippen LogP contribution in [0.15, 0.2) is 24.4 Å². The molecule has 2 aromatic heterocycles. The van der Waals surface area contributed by atoms with Crippen LogP contribution in [0.4, 0.5) is 10.2 Å². The van der Waals surface area contributed by atoms with Gasteiger partial charge in [-0.1, -0.05) is 0 Å². The van der Waals surface area contributed by atoms with Gasteiger partial charge in [-0.25, -0.2) is 9.37 Å². The van der Waals surface area contributed by atoms with Gasteiger partial charge in [-0.15, -0.1) is 11.3 Å². The van der Waals surface area contributed by atoms with Crippen LogP contribution in [0.1, 0.15) is 24.9 Å². The smallest absolute Gasteiger partial charge is 0.261 e. The van der Waals surface area contributed by atoms with Crippen molar-refractivity contribution >= 4 is 29.0 Å². The molecule has 3 rings (SSSR count). The summed E-state index contributed by atoms with van der Waals surface area (Å²) in [5.74, 6) is -1.06. The molecule has 3 N–H and O–H groups in total. The van der Waals surface area contributed by atoms with Crippen LogP contribution in [-0.4, -0.2) is 43.1 Å². The number of nitrogens with zero attached hydrogens (tertiary/aromatic N) is 2. The predicted molar refractivity (Wildman–Crippen MR) is 91.2 cm³/mol. The molecule has 7 nitrogen and oxygen atoms in total. The molecule has 1 fully saturated rings. The Kier molecular flexibility index (Phi) is 5.25. The number of thiophene rings is 1. The highest BCUT2D eigenvalue weighted by Crippen LogP contribution is 2.19. The molecule has 2 aromatic rings. The highest BCUT2D eigenvalue weighted by Gasteiger charge is 2.17. The van der Waals surface area contributed by atoms with Crippen molar-refractivity contribution in [3.8, 4) is 0 Å². The lowest BCUT2D eigenvalue weighted by atomic mass is 10.2. The molecule has 0 unspecified atom stereocenters. The minimum atomic E-state index is -0.575. The minimum absolute atomic E-state index is 0.135. The Morgan fingerprint density at radius 1 is 1.32 bits per heavy atom. The van der Waals surface area contributed by atoms with E-state index < -0.39 is 11.7 Å². The first-order valence-electron chi connectivity index (χ1n) is 7.69. The highest BCUT2D eigenvalue weighted by atomic mass is 32.1. The second kappa shape index (κ2) is 7.58. The molecule has 0 bridgehead atoms. The minimum Gasteiger partial charge on any atom is -0.378 e. The van der Waals surface area contributed by atoms with Crippen molar-refractivity contribution < 1.29 is 18.7 Å². The molecule has 0 aromatic carbocycles. The molecule has 2 amide bonds. The van der Waals surface area contributed by atoms with Crippen molar-refractivity contribution in [2.24, 2.45) is 5.73 Å². The highest BCUT2D eigenvalue weighted by molar-refractivity contribution is 7.15. The van der Waals surface area contributed by atoms with E-state index in [0.29, 0.717) is 47.4 Å². The summed E-state index contributed by atoms with van der Waals surface area (Å²) in [6.07, 6.45) is 1.54. The van der Waals surface area contributed by atoms with Crippen molar-refractivity contribution in [1.29, 1.82) is 0 Å². The number of nitrogens with one attached hydrogen (secondary N) is 1. The van der Waals surface area contributed by atoms with Crippen LogP contribution in [0, 0.1) is 5.82 Å². The van der Waals surface area contributed by atoms with Crippen LogP contribution >= 0.6 is 11.3 Å². The molecule has 9 heteroatoms. The number of rotatable bonds is 5. The standard InChI is InChI=1S/C16H17FN4O3S/c17-11-7-10(8-19-15(11)21-3-5-24-6-4-21)9-20-16(23)13-2-1-12(25-13)14(18)22/h1-2,7-8H,3-6,9H2,(H2,18,22)(H,20,23). The van der Waals surface area contributed by atoms with E-state index in [2.05, 4.69) is 10.3 Å². The normalized spacial score (nSPS) is 14.4. The quantitative estimate of drug-likeness (QED) is 0.829. The second-order valence-corrected chi connectivity index (χ2v) is 6.54. The summed E-state index contributed by atoms with van der Waals surface area (Å²) in [5, 5.41) is 2.67. The van der Waals surface area contributed by atoms with Crippen molar-refractivity contribution in [3.05, 3.63) is 45.5 Å². The molecule has 1 saturated heterocycles. The SMILES string of the molecule is NC(=O)c1ccc(C(=O)NCc2cnc(N3CCOCC3)c(F)c2)s1. The monoisotopic (exact) mass is 364 g/mol. The van der Waals surface area contributed by atoms with Gasteiger partial charge in [0.25, 0.3) is 11.8 Å². The van der Waals surface area contributed by atoms with E-state index in [0.717, 1.165) is 11.3 Å². The Morgan fingerprint density at radius 2 is 2.04 bits per heavy atom. The number of primary amides is 1. The van der Waals surface area contributed by atoms with Gasteiger partial charge >= 0.3 is 0 Å². The zero-order valence-corrected chi connectivity index (χ0v) is 14.1. The van der Waals surface area contributed by atoms with Crippen LogP contribution in [0.5, 0.6) is 0 Å². The lowest BCUT2D eigenvalue weighted by Crippen LogP contribution is -2.37. The predicted octanol–water partition coefficient (Wildman–Crippen LogP) is 1.15. The van der Waals surface area contributed by atoms with Gasteiger partial charge in [0, 0.05) is 25.8 Å². The Labute approximate surface area is 147 Å². The summed E-state index contributed by atoms with van der Waals surface area (Å²) in [6.45, 7) is 2.43. The summed E-state index contributed by atoms with van der Waals surface area (Å²) in [4.78, 5) is 29.8. The third kappa shape index (κ3) is 4.12. The zero-order valence-electron chi connectivity index (χ0n) is 13.3. The maximum absolute atomic E-state index is 14.3. The number of carbonyl (C=O) groups is 2. The van der Waals surface area contributed by atoms with E-state index >= 15 is 0 Å². The van der Waals surface area contributed by atoms with Gasteiger partial charge in [-0.2, -0.15) is 0 Å². The number of amides is 2. The van der Waals surface area contributed by atoms with E-state index in [1.165, 1.54) is 24.4 Å². The van der Waals surface area contributed by atoms with Gasteiger partial charge in [0.15, 0.2) is 11.6 Å². The van der Waals surface area contributed by atoms with Gasteiger partial charge in [0.1, 0.15) is 0 Å². The molecular weight excluding hydrogens is 347 g/mol. The maximum atomic E-state index is 14.3. The summed E-state index contributed by atoms with van der Waals surface area (Å²) in [7, 11) is 0. The van der Waals surface area contributed by atoms with Crippen molar-refractivity contribution in [1.82, 2.24) is 10.3 Å². The molecule has 0 aliphatic carbocycles. The number of halogens is 1. The molecule has 0 saturated carbocycles. The largest absolute Gasteiger partial charge is 0.378 e. The zero-order chi connectivity index (χ0) is 17.8. The molecule has 132 valence electrons. The first-order valence-corrected chi connectivity index (χ1v) is 8.51. The number of pyridine rings is 1. The van der Waals surface area contributed by atoms with Crippen LogP contribution < -0.4 is 16.0 Å². The van der Waals surface area contributed by atoms with Gasteiger partial charge in [0.2, 0.25) is 0 Å². The van der Waals surface area contributed by atoms with Crippen molar-refractivity contribution in [2.75, 3.05) is 31.2 Å². The molecule has 1 aliphatic rings. The Hall–Kier alpha value is -2.52. The number of aromatic nitrogens is 1. The molecule has 25 heavy (non-hydrogen) atoms. The average Bonchev–Trinajstić information content (AvgIpc) is 3.11. The topological polar surface area (TPSA) is 97.5 Å². The van der Waals surface area contributed by atoms with Crippen LogP contribution in [0.25, 0.3) is 0 Å². The van der Waals surface area contributed by atoms with E-state index in [1.54, 1.807) is 0 Å². The third-order valence-corrected chi connectivity index (χ3v) is 4.81.